The third-order valence-electron chi connectivity index (χ3n) is 8.79. The van der Waals surface area contributed by atoms with E-state index in [1.165, 1.54) is 0 Å². The van der Waals surface area contributed by atoms with Gasteiger partial charge in [0.1, 0.15) is 11.0 Å². The van der Waals surface area contributed by atoms with Crippen molar-refractivity contribution in [2.24, 2.45) is 5.41 Å². The van der Waals surface area contributed by atoms with E-state index in [0.717, 1.165) is 39.8 Å². The molecule has 2 aromatic rings. The van der Waals surface area contributed by atoms with Crippen LogP contribution in [0.2, 0.25) is 18.1 Å². The van der Waals surface area contributed by atoms with Crippen LogP contribution in [0, 0.1) is 8.99 Å². The minimum absolute atomic E-state index is 0.0130. The van der Waals surface area contributed by atoms with Gasteiger partial charge < -0.3 is 14.3 Å². The van der Waals surface area contributed by atoms with Crippen molar-refractivity contribution >= 4 is 41.1 Å². The highest BCUT2D eigenvalue weighted by Crippen LogP contribution is 3.02. The molecule has 41 heavy (non-hydrogen) atoms. The van der Waals surface area contributed by atoms with E-state index in [-0.39, 0.29) is 28.0 Å². The van der Waals surface area contributed by atoms with Crippen molar-refractivity contribution in [1.29, 1.82) is 0 Å². The zero-order valence-electron chi connectivity index (χ0n) is 24.7. The van der Waals surface area contributed by atoms with E-state index >= 15 is 0 Å². The average molecular weight is 734 g/mol. The summed E-state index contributed by atoms with van der Waals surface area (Å²) >= 11 is 2.22. The van der Waals surface area contributed by atoms with Gasteiger partial charge in [-0.15, -0.1) is 0 Å². The fraction of sp³-hybridized carbons (Fsp3) is 0.621. The molecule has 0 saturated carbocycles. The van der Waals surface area contributed by atoms with E-state index in [1.54, 1.807) is 0 Å². The number of rotatable bonds is 6. The molecule has 1 aliphatic heterocycles. The molecule has 1 N–H and O–H groups in total. The molecule has 0 amide bonds. The highest BCUT2D eigenvalue weighted by molar-refractivity contribution is 14.1. The normalized spacial score (nSPS) is 22.9. The van der Waals surface area contributed by atoms with Crippen molar-refractivity contribution in [2.75, 3.05) is 13.2 Å². The highest BCUT2D eigenvalue weighted by atomic mass is 127. The molecule has 1 unspecified atom stereocenters. The lowest BCUT2D eigenvalue weighted by Crippen LogP contribution is -2.44. The summed E-state index contributed by atoms with van der Waals surface area (Å²) in [4.78, 5) is 3.20. The molecule has 1 aromatic heterocycles. The number of hydrogen-bond acceptors (Lipinski definition) is 4. The Morgan fingerprint density at radius 2 is 1.63 bits per heavy atom. The maximum absolute atomic E-state index is 13.4. The quantitative estimate of drug-likeness (QED) is 0.183. The lowest BCUT2D eigenvalue weighted by Gasteiger charge is -2.45. The van der Waals surface area contributed by atoms with Crippen LogP contribution in [0.4, 0.5) is 19.4 Å². The van der Waals surface area contributed by atoms with Crippen LogP contribution in [0.3, 0.4) is 0 Å². The number of halogens is 6. The largest absolute Gasteiger partial charge is 0.410 e. The Kier molecular flexibility index (Phi) is 8.16. The number of aromatic nitrogens is 1. The van der Waals surface area contributed by atoms with Gasteiger partial charge in [-0.2, -0.15) is 0 Å². The molecule has 2 heterocycles. The van der Waals surface area contributed by atoms with Crippen LogP contribution in [0.15, 0.2) is 29.2 Å². The molecule has 1 fully saturated rings. The molecule has 1 saturated heterocycles. The Morgan fingerprint density at radius 3 is 2.15 bits per heavy atom. The molecule has 2 aliphatic rings. The molecule has 4 rings (SSSR count). The maximum atomic E-state index is 13.4. The fourth-order valence-electron chi connectivity index (χ4n) is 5.49. The van der Waals surface area contributed by atoms with Crippen molar-refractivity contribution in [3.63, 3.8) is 0 Å². The first-order valence-electron chi connectivity index (χ1n) is 13.9. The van der Waals surface area contributed by atoms with Crippen molar-refractivity contribution in [1.82, 2.24) is 4.98 Å². The molecular weight excluding hydrogens is 692 g/mol. The van der Waals surface area contributed by atoms with Crippen molar-refractivity contribution in [2.45, 2.75) is 101 Å². The van der Waals surface area contributed by atoms with E-state index in [0.29, 0.717) is 49.4 Å². The first-order chi connectivity index (χ1) is 18.4. The summed E-state index contributed by atoms with van der Waals surface area (Å²) in [5, 5.41) is 11.7. The third kappa shape index (κ3) is 7.13. The third-order valence-corrected chi connectivity index (χ3v) is 15.6. The van der Waals surface area contributed by atoms with E-state index in [4.69, 9.17) is 14.1 Å². The van der Waals surface area contributed by atoms with Crippen molar-refractivity contribution in [3.8, 4) is 0 Å². The van der Waals surface area contributed by atoms with E-state index < -0.39 is 29.5 Å². The van der Waals surface area contributed by atoms with Crippen LogP contribution in [-0.2, 0) is 15.6 Å². The molecule has 0 radical (unpaired) electrons. The molecule has 1 aliphatic carbocycles. The van der Waals surface area contributed by atoms with Crippen LogP contribution in [0.5, 0.6) is 0 Å². The summed E-state index contributed by atoms with van der Waals surface area (Å²) in [5.41, 5.74) is 3.07. The number of benzene rings is 1. The minimum Gasteiger partial charge on any atom is -0.410 e. The van der Waals surface area contributed by atoms with Crippen LogP contribution in [-0.4, -0.2) is 31.6 Å². The minimum atomic E-state index is -9.84. The number of pyridine rings is 1. The van der Waals surface area contributed by atoms with E-state index in [9.17, 15) is 24.5 Å². The first kappa shape index (κ1) is 33.1. The van der Waals surface area contributed by atoms with Crippen LogP contribution in [0.25, 0.3) is 0 Å². The number of nitrogens with zero attached hydrogens (tertiary/aromatic N) is 1. The van der Waals surface area contributed by atoms with Gasteiger partial charge in [-0.3, -0.25) is 4.98 Å². The first-order valence-corrected chi connectivity index (χ1v) is 19.8. The van der Waals surface area contributed by atoms with Gasteiger partial charge in [-0.05, 0) is 89.5 Å². The topological polar surface area (TPSA) is 51.6 Å². The Hall–Kier alpha value is -0.803. The van der Waals surface area contributed by atoms with Crippen molar-refractivity contribution in [3.05, 3.63) is 55.9 Å². The zero-order chi connectivity index (χ0) is 30.9. The molecule has 1 aromatic carbocycles. The molecule has 4 nitrogen and oxygen atoms in total. The lowest BCUT2D eigenvalue weighted by molar-refractivity contribution is 0.0827. The van der Waals surface area contributed by atoms with Gasteiger partial charge >= 0.3 is 10.2 Å². The number of aliphatic hydroxyl groups is 1. The summed E-state index contributed by atoms with van der Waals surface area (Å²) in [6.45, 7) is 16.4. The second-order valence-corrected chi connectivity index (χ2v) is 22.1. The Bertz CT molecular complexity index is 1310. The SMILES string of the molecule is CC1(C)Cc2nc(C3CCOCC3)c([C@@H](O)c3ccc(S(F)(F)(F)(F)F)cc3)c(I)c2C(O[Si](C)(C)C(C)(C)C)C1. The second-order valence-electron chi connectivity index (χ2n) is 13.8. The number of hydrogen-bond donors (Lipinski definition) is 1. The number of aliphatic hydroxyl groups excluding tert-OH is 1. The number of fused-ring (bicyclic) bond motifs is 1. The summed E-state index contributed by atoms with van der Waals surface area (Å²) in [6.07, 6.45) is 1.25. The maximum Gasteiger partial charge on any atom is 0.310 e. The summed E-state index contributed by atoms with van der Waals surface area (Å²) in [6, 6.07) is 2.60. The van der Waals surface area contributed by atoms with Gasteiger partial charge in [0, 0.05) is 39.5 Å². The Balaban J connectivity index is 1.89. The summed E-state index contributed by atoms with van der Waals surface area (Å²) in [5.74, 6) is -0.0130. The van der Waals surface area contributed by atoms with E-state index in [1.807, 2.05) is 0 Å². The summed E-state index contributed by atoms with van der Waals surface area (Å²) in [7, 11) is -12.1. The van der Waals surface area contributed by atoms with Gasteiger partial charge in [0.15, 0.2) is 8.32 Å². The van der Waals surface area contributed by atoms with Crippen LogP contribution in [0.1, 0.15) is 100 Å². The van der Waals surface area contributed by atoms with Gasteiger partial charge in [-0.1, -0.05) is 66.2 Å². The monoisotopic (exact) mass is 733 g/mol. The van der Waals surface area contributed by atoms with Crippen molar-refractivity contribution < 1.29 is 33.7 Å². The number of ether oxygens (including phenoxy) is 1. The molecular formula is C29H41F5INO3SSi. The second kappa shape index (κ2) is 10.1. The Morgan fingerprint density at radius 1 is 1.07 bits per heavy atom. The highest BCUT2D eigenvalue weighted by Gasteiger charge is 2.65. The molecule has 0 bridgehead atoms. The predicted molar refractivity (Wildman–Crippen MR) is 165 cm³/mol. The zero-order valence-corrected chi connectivity index (χ0v) is 28.6. The van der Waals surface area contributed by atoms with Gasteiger partial charge in [0.25, 0.3) is 0 Å². The van der Waals surface area contributed by atoms with E-state index in [2.05, 4.69) is 70.3 Å². The molecule has 2 atom stereocenters. The van der Waals surface area contributed by atoms with Gasteiger partial charge in [0.2, 0.25) is 0 Å². The molecule has 232 valence electrons. The fourth-order valence-corrected chi connectivity index (χ4v) is 8.64. The molecule has 0 spiro atoms. The lowest BCUT2D eigenvalue weighted by atomic mass is 9.74. The average Bonchev–Trinajstić information content (AvgIpc) is 2.80. The standard InChI is InChI=1S/C29H41F5INO3SSi/c1-28(2,3)41(6,7)39-22-17-29(4,5)16-21-23(22)25(35)24(26(36-21)18-12-14-38-15-13-18)27(37)19-8-10-20(11-9-19)40(30,31,32,33)34/h8-11,18,22,27,37H,12-17H2,1-7H3/t22?,27-/m0/s1. The van der Waals surface area contributed by atoms with Crippen LogP contribution >= 0.6 is 32.8 Å². The van der Waals surface area contributed by atoms with Crippen LogP contribution < -0.4 is 0 Å². The Labute approximate surface area is 254 Å². The summed E-state index contributed by atoms with van der Waals surface area (Å²) < 4.78 is 80.3. The predicted octanol–water partition coefficient (Wildman–Crippen LogP) is 10.4. The smallest absolute Gasteiger partial charge is 0.310 e. The van der Waals surface area contributed by atoms with Gasteiger partial charge in [0.05, 0.1) is 11.8 Å². The molecule has 12 heteroatoms. The van der Waals surface area contributed by atoms with Gasteiger partial charge in [-0.25, -0.2) is 0 Å².